The van der Waals surface area contributed by atoms with Gasteiger partial charge in [0.15, 0.2) is 0 Å². The molecule has 0 bridgehead atoms. The van der Waals surface area contributed by atoms with Crippen molar-refractivity contribution in [3.63, 3.8) is 0 Å². The topological polar surface area (TPSA) is 70.2 Å². The van der Waals surface area contributed by atoms with Crippen molar-refractivity contribution in [1.82, 2.24) is 20.2 Å². The smallest absolute Gasteiger partial charge is 0.251 e. The summed E-state index contributed by atoms with van der Waals surface area (Å²) in [6, 6.07) is 2.48. The molecule has 116 valence electrons. The van der Waals surface area contributed by atoms with Gasteiger partial charge in [0.25, 0.3) is 5.56 Å². The molecule has 0 aliphatic carbocycles. The van der Waals surface area contributed by atoms with Crippen molar-refractivity contribution in [3.8, 4) is 0 Å². The lowest BCUT2D eigenvalue weighted by molar-refractivity contribution is -0.0543. The van der Waals surface area contributed by atoms with Gasteiger partial charge in [0.2, 0.25) is 0 Å². The molecule has 3 heterocycles. The highest BCUT2D eigenvalue weighted by molar-refractivity contribution is 5.06. The number of hydrogen-bond acceptors (Lipinski definition) is 5. The maximum Gasteiger partial charge on any atom is 0.251 e. The Bertz CT molecular complexity index is 543. The standard InChI is InChI=1S/C15H24N4O2/c1-10(2)16-7-11-6-14(20)18-15(17-11)13-8-19-5-3-4-12(19)9-21-13/h6,10,12-13,16H,3-5,7-9H2,1-2H3,(H,17,18,20). The van der Waals surface area contributed by atoms with Gasteiger partial charge in [0.1, 0.15) is 11.9 Å². The Morgan fingerprint density at radius 2 is 2.43 bits per heavy atom. The number of ether oxygens (including phenoxy) is 1. The molecule has 0 amide bonds. The lowest BCUT2D eigenvalue weighted by atomic mass is 10.2. The maximum atomic E-state index is 11.8. The van der Waals surface area contributed by atoms with Crippen LogP contribution in [0.5, 0.6) is 0 Å². The fourth-order valence-corrected chi connectivity index (χ4v) is 3.06. The summed E-state index contributed by atoms with van der Waals surface area (Å²) in [5.41, 5.74) is 0.669. The number of fused-ring (bicyclic) bond motifs is 1. The molecule has 2 fully saturated rings. The number of rotatable bonds is 4. The van der Waals surface area contributed by atoms with Crippen LogP contribution in [0.1, 0.15) is 44.3 Å². The third kappa shape index (κ3) is 3.51. The maximum absolute atomic E-state index is 11.8. The second kappa shape index (κ2) is 6.25. The summed E-state index contributed by atoms with van der Waals surface area (Å²) in [6.45, 7) is 7.45. The third-order valence-corrected chi connectivity index (χ3v) is 4.20. The second-order valence-electron chi connectivity index (χ2n) is 6.27. The van der Waals surface area contributed by atoms with Crippen LogP contribution >= 0.6 is 0 Å². The van der Waals surface area contributed by atoms with Gasteiger partial charge in [-0.15, -0.1) is 0 Å². The molecule has 6 heteroatoms. The molecule has 21 heavy (non-hydrogen) atoms. The van der Waals surface area contributed by atoms with E-state index in [4.69, 9.17) is 4.74 Å². The molecule has 3 rings (SSSR count). The Labute approximate surface area is 124 Å². The van der Waals surface area contributed by atoms with Crippen LogP contribution in [0.4, 0.5) is 0 Å². The van der Waals surface area contributed by atoms with Crippen LogP contribution in [0.2, 0.25) is 0 Å². The molecule has 0 saturated carbocycles. The minimum atomic E-state index is -0.119. The average molecular weight is 292 g/mol. The van der Waals surface area contributed by atoms with Gasteiger partial charge in [-0.05, 0) is 19.4 Å². The summed E-state index contributed by atoms with van der Waals surface area (Å²) in [4.78, 5) is 21.7. The highest BCUT2D eigenvalue weighted by atomic mass is 16.5. The van der Waals surface area contributed by atoms with Gasteiger partial charge in [-0.25, -0.2) is 4.98 Å². The first kappa shape index (κ1) is 14.7. The summed E-state index contributed by atoms with van der Waals surface area (Å²) >= 11 is 0. The molecular formula is C15H24N4O2. The quantitative estimate of drug-likeness (QED) is 0.859. The van der Waals surface area contributed by atoms with E-state index in [0.717, 1.165) is 25.4 Å². The normalized spacial score (nSPS) is 26.2. The van der Waals surface area contributed by atoms with Crippen LogP contribution in [-0.4, -0.2) is 46.6 Å². The van der Waals surface area contributed by atoms with E-state index in [9.17, 15) is 4.79 Å². The minimum absolute atomic E-state index is 0.104. The van der Waals surface area contributed by atoms with E-state index in [1.807, 2.05) is 0 Å². The zero-order chi connectivity index (χ0) is 14.8. The van der Waals surface area contributed by atoms with Gasteiger partial charge in [-0.3, -0.25) is 9.69 Å². The molecule has 2 N–H and O–H groups in total. The SMILES string of the molecule is CC(C)NCc1cc(=O)[nH]c(C2CN3CCCC3CO2)n1. The Hall–Kier alpha value is -1.24. The molecule has 0 spiro atoms. The van der Waals surface area contributed by atoms with Gasteiger partial charge in [-0.2, -0.15) is 0 Å². The van der Waals surface area contributed by atoms with Crippen LogP contribution in [0.3, 0.4) is 0 Å². The van der Waals surface area contributed by atoms with E-state index in [0.29, 0.717) is 24.5 Å². The van der Waals surface area contributed by atoms with Gasteiger partial charge >= 0.3 is 0 Å². The fraction of sp³-hybridized carbons (Fsp3) is 0.733. The van der Waals surface area contributed by atoms with Gasteiger partial charge in [0.05, 0.1) is 12.3 Å². The van der Waals surface area contributed by atoms with Crippen molar-refractivity contribution in [2.45, 2.75) is 51.4 Å². The summed E-state index contributed by atoms with van der Waals surface area (Å²) < 4.78 is 5.92. The zero-order valence-electron chi connectivity index (χ0n) is 12.8. The first-order valence-electron chi connectivity index (χ1n) is 7.81. The van der Waals surface area contributed by atoms with E-state index in [2.05, 4.69) is 34.0 Å². The average Bonchev–Trinajstić information content (AvgIpc) is 2.92. The summed E-state index contributed by atoms with van der Waals surface area (Å²) in [6.07, 6.45) is 2.34. The largest absolute Gasteiger partial charge is 0.367 e. The molecule has 2 unspecified atom stereocenters. The number of nitrogens with zero attached hydrogens (tertiary/aromatic N) is 2. The molecule has 2 aliphatic rings. The van der Waals surface area contributed by atoms with Crippen LogP contribution in [0.25, 0.3) is 0 Å². The van der Waals surface area contributed by atoms with Crippen molar-refractivity contribution in [3.05, 3.63) is 27.9 Å². The molecule has 2 aliphatic heterocycles. The Morgan fingerprint density at radius 3 is 3.24 bits per heavy atom. The number of nitrogens with one attached hydrogen (secondary N) is 2. The number of aromatic amines is 1. The second-order valence-corrected chi connectivity index (χ2v) is 6.27. The van der Waals surface area contributed by atoms with Gasteiger partial charge < -0.3 is 15.0 Å². The molecule has 0 aromatic carbocycles. The summed E-state index contributed by atoms with van der Waals surface area (Å²) in [7, 11) is 0. The van der Waals surface area contributed by atoms with E-state index in [-0.39, 0.29) is 11.7 Å². The number of H-pyrrole nitrogens is 1. The van der Waals surface area contributed by atoms with Crippen molar-refractivity contribution in [2.75, 3.05) is 19.7 Å². The third-order valence-electron chi connectivity index (χ3n) is 4.20. The first-order valence-corrected chi connectivity index (χ1v) is 7.81. The fourth-order valence-electron chi connectivity index (χ4n) is 3.06. The highest BCUT2D eigenvalue weighted by Gasteiger charge is 2.33. The summed E-state index contributed by atoms with van der Waals surface area (Å²) in [5.74, 6) is 0.661. The van der Waals surface area contributed by atoms with Crippen LogP contribution < -0.4 is 10.9 Å². The Morgan fingerprint density at radius 1 is 1.57 bits per heavy atom. The number of morpholine rings is 1. The summed E-state index contributed by atoms with van der Waals surface area (Å²) in [5, 5.41) is 3.29. The predicted molar refractivity (Wildman–Crippen MR) is 80.1 cm³/mol. The highest BCUT2D eigenvalue weighted by Crippen LogP contribution is 2.28. The Balaban J connectivity index is 1.73. The number of hydrogen-bond donors (Lipinski definition) is 2. The van der Waals surface area contributed by atoms with E-state index in [1.165, 1.54) is 12.8 Å². The minimum Gasteiger partial charge on any atom is -0.367 e. The molecule has 1 aromatic heterocycles. The van der Waals surface area contributed by atoms with Crippen molar-refractivity contribution in [1.29, 1.82) is 0 Å². The Kier molecular flexibility index (Phi) is 4.37. The van der Waals surface area contributed by atoms with Crippen LogP contribution in [0.15, 0.2) is 10.9 Å². The van der Waals surface area contributed by atoms with Crippen molar-refractivity contribution >= 4 is 0 Å². The predicted octanol–water partition coefficient (Wildman–Crippen LogP) is 0.804. The molecule has 2 saturated heterocycles. The molecule has 1 aromatic rings. The molecule has 0 radical (unpaired) electrons. The number of aromatic nitrogens is 2. The lowest BCUT2D eigenvalue weighted by Gasteiger charge is -2.34. The van der Waals surface area contributed by atoms with E-state index < -0.39 is 0 Å². The van der Waals surface area contributed by atoms with Gasteiger partial charge in [-0.1, -0.05) is 13.8 Å². The van der Waals surface area contributed by atoms with Crippen LogP contribution in [0, 0.1) is 0 Å². The molecule has 6 nitrogen and oxygen atoms in total. The van der Waals surface area contributed by atoms with E-state index in [1.54, 1.807) is 6.07 Å². The zero-order valence-corrected chi connectivity index (χ0v) is 12.8. The monoisotopic (exact) mass is 292 g/mol. The van der Waals surface area contributed by atoms with Crippen LogP contribution in [-0.2, 0) is 11.3 Å². The molecule has 2 atom stereocenters. The van der Waals surface area contributed by atoms with Crippen molar-refractivity contribution < 1.29 is 4.74 Å². The molecular weight excluding hydrogens is 268 g/mol. The van der Waals surface area contributed by atoms with Gasteiger partial charge in [0, 0.05) is 31.2 Å². The van der Waals surface area contributed by atoms with E-state index >= 15 is 0 Å². The lowest BCUT2D eigenvalue weighted by Crippen LogP contribution is -2.43. The van der Waals surface area contributed by atoms with Crippen molar-refractivity contribution in [2.24, 2.45) is 0 Å². The first-order chi connectivity index (χ1) is 10.1.